The van der Waals surface area contributed by atoms with Gasteiger partial charge in [-0.3, -0.25) is 4.79 Å². The zero-order chi connectivity index (χ0) is 17.3. The molecule has 0 radical (unpaired) electrons. The molecule has 0 saturated carbocycles. The maximum Gasteiger partial charge on any atom is 0.259 e. The molecule has 2 aromatic heterocycles. The fourth-order valence-electron chi connectivity index (χ4n) is 2.30. The number of nitrogens with zero attached hydrogens (tertiary/aromatic N) is 1. The lowest BCUT2D eigenvalue weighted by molar-refractivity contribution is 0.355. The largest absolute Gasteiger partial charge is 0.493 e. The standard InChI is InChI=1S/C17H15ClN2O3S/c1-9-4-5-10(24-9)6-12(18)16-19-13-8-15(23-3)14(22-2)7-11(13)17(21)20-16/h4-8H,1-3H3,(H,19,20,21)/b12-6-. The molecule has 0 aliphatic rings. The quantitative estimate of drug-likeness (QED) is 0.760. The summed E-state index contributed by atoms with van der Waals surface area (Å²) in [5.74, 6) is 1.29. The summed E-state index contributed by atoms with van der Waals surface area (Å²) < 4.78 is 10.5. The van der Waals surface area contributed by atoms with Crippen LogP contribution < -0.4 is 15.0 Å². The van der Waals surface area contributed by atoms with Crippen molar-refractivity contribution in [1.29, 1.82) is 0 Å². The van der Waals surface area contributed by atoms with Gasteiger partial charge in [-0.25, -0.2) is 4.98 Å². The molecule has 0 unspecified atom stereocenters. The number of thiophene rings is 1. The number of H-pyrrole nitrogens is 1. The molecule has 24 heavy (non-hydrogen) atoms. The van der Waals surface area contributed by atoms with Gasteiger partial charge >= 0.3 is 0 Å². The Labute approximate surface area is 147 Å². The summed E-state index contributed by atoms with van der Waals surface area (Å²) in [4.78, 5) is 21.7. The van der Waals surface area contributed by atoms with E-state index in [0.29, 0.717) is 33.3 Å². The molecule has 0 saturated heterocycles. The minimum Gasteiger partial charge on any atom is -0.493 e. The molecule has 0 atom stereocenters. The first-order chi connectivity index (χ1) is 11.5. The first-order valence-electron chi connectivity index (χ1n) is 7.12. The lowest BCUT2D eigenvalue weighted by Crippen LogP contribution is -2.11. The first kappa shape index (κ1) is 16.5. The SMILES string of the molecule is COc1cc2nc(/C(Cl)=C/c3ccc(C)s3)[nH]c(=O)c2cc1OC. The average molecular weight is 363 g/mol. The van der Waals surface area contributed by atoms with E-state index < -0.39 is 0 Å². The molecule has 0 amide bonds. The molecule has 2 heterocycles. The third-order valence-electron chi connectivity index (χ3n) is 3.47. The van der Waals surface area contributed by atoms with Crippen LogP contribution >= 0.6 is 22.9 Å². The molecule has 3 rings (SSSR count). The molecule has 0 aliphatic heterocycles. The van der Waals surface area contributed by atoms with Gasteiger partial charge in [0.05, 0.1) is 30.2 Å². The number of nitrogens with one attached hydrogen (secondary N) is 1. The van der Waals surface area contributed by atoms with Gasteiger partial charge in [0, 0.05) is 15.8 Å². The van der Waals surface area contributed by atoms with Crippen molar-refractivity contribution < 1.29 is 9.47 Å². The van der Waals surface area contributed by atoms with Crippen molar-refractivity contribution in [3.63, 3.8) is 0 Å². The number of hydrogen-bond acceptors (Lipinski definition) is 5. The van der Waals surface area contributed by atoms with E-state index in [-0.39, 0.29) is 5.56 Å². The Morgan fingerprint density at radius 1 is 1.25 bits per heavy atom. The number of aromatic nitrogens is 2. The molecule has 0 spiro atoms. The highest BCUT2D eigenvalue weighted by Crippen LogP contribution is 2.31. The molecule has 1 N–H and O–H groups in total. The van der Waals surface area contributed by atoms with Gasteiger partial charge in [-0.05, 0) is 31.2 Å². The average Bonchev–Trinajstić information content (AvgIpc) is 2.98. The van der Waals surface area contributed by atoms with Crippen LogP contribution in [0.5, 0.6) is 11.5 Å². The molecule has 0 aliphatic carbocycles. The van der Waals surface area contributed by atoms with Crippen molar-refractivity contribution in [3.8, 4) is 11.5 Å². The second kappa shape index (κ2) is 6.67. The fraction of sp³-hybridized carbons (Fsp3) is 0.176. The van der Waals surface area contributed by atoms with Crippen LogP contribution in [0.3, 0.4) is 0 Å². The summed E-state index contributed by atoms with van der Waals surface area (Å²) in [6.07, 6.45) is 1.78. The Morgan fingerprint density at radius 2 is 1.96 bits per heavy atom. The van der Waals surface area contributed by atoms with Gasteiger partial charge in [0.15, 0.2) is 17.3 Å². The topological polar surface area (TPSA) is 64.2 Å². The molecule has 0 fully saturated rings. The Kier molecular flexibility index (Phi) is 4.59. The number of halogens is 1. The molecular weight excluding hydrogens is 348 g/mol. The predicted molar refractivity (Wildman–Crippen MR) is 98.2 cm³/mol. The van der Waals surface area contributed by atoms with Crippen molar-refractivity contribution in [2.45, 2.75) is 6.92 Å². The maximum atomic E-state index is 12.4. The monoisotopic (exact) mass is 362 g/mol. The van der Waals surface area contributed by atoms with Gasteiger partial charge in [-0.2, -0.15) is 0 Å². The van der Waals surface area contributed by atoms with Crippen LogP contribution in [0.15, 0.2) is 29.1 Å². The van der Waals surface area contributed by atoms with E-state index in [4.69, 9.17) is 21.1 Å². The van der Waals surface area contributed by atoms with Crippen LogP contribution in [0.4, 0.5) is 0 Å². The van der Waals surface area contributed by atoms with Crippen molar-refractivity contribution >= 4 is 44.9 Å². The van der Waals surface area contributed by atoms with E-state index >= 15 is 0 Å². The third kappa shape index (κ3) is 3.16. The van der Waals surface area contributed by atoms with Crippen molar-refractivity contribution in [3.05, 3.63) is 50.2 Å². The van der Waals surface area contributed by atoms with E-state index in [1.54, 1.807) is 29.5 Å². The molecule has 7 heteroatoms. The number of ether oxygens (including phenoxy) is 2. The van der Waals surface area contributed by atoms with Crippen LogP contribution in [0.1, 0.15) is 15.6 Å². The smallest absolute Gasteiger partial charge is 0.259 e. The summed E-state index contributed by atoms with van der Waals surface area (Å²) in [5, 5.41) is 0.776. The minimum atomic E-state index is -0.287. The van der Waals surface area contributed by atoms with Crippen LogP contribution in [0.25, 0.3) is 22.0 Å². The highest BCUT2D eigenvalue weighted by molar-refractivity contribution is 7.12. The molecular formula is C17H15ClN2O3S. The van der Waals surface area contributed by atoms with Gasteiger partial charge in [0.25, 0.3) is 5.56 Å². The maximum absolute atomic E-state index is 12.4. The van der Waals surface area contributed by atoms with E-state index in [1.807, 2.05) is 19.1 Å². The van der Waals surface area contributed by atoms with Crippen molar-refractivity contribution in [2.24, 2.45) is 0 Å². The van der Waals surface area contributed by atoms with Crippen LogP contribution in [-0.2, 0) is 0 Å². The lowest BCUT2D eigenvalue weighted by Gasteiger charge is -2.09. The number of hydrogen-bond donors (Lipinski definition) is 1. The van der Waals surface area contributed by atoms with Crippen LogP contribution in [0.2, 0.25) is 0 Å². The normalized spacial score (nSPS) is 11.8. The summed E-state index contributed by atoms with van der Waals surface area (Å²) in [6.45, 7) is 2.02. The summed E-state index contributed by atoms with van der Waals surface area (Å²) >= 11 is 7.95. The Hall–Kier alpha value is -2.31. The zero-order valence-electron chi connectivity index (χ0n) is 13.3. The third-order valence-corrected chi connectivity index (χ3v) is 4.70. The fourth-order valence-corrected chi connectivity index (χ4v) is 3.40. The van der Waals surface area contributed by atoms with Gasteiger partial charge < -0.3 is 14.5 Å². The Morgan fingerprint density at radius 3 is 2.58 bits per heavy atom. The molecule has 0 bridgehead atoms. The van der Waals surface area contributed by atoms with E-state index in [1.165, 1.54) is 19.1 Å². The predicted octanol–water partition coefficient (Wildman–Crippen LogP) is 4.05. The first-order valence-corrected chi connectivity index (χ1v) is 8.31. The number of rotatable bonds is 4. The minimum absolute atomic E-state index is 0.287. The summed E-state index contributed by atoms with van der Waals surface area (Å²) in [6, 6.07) is 7.24. The number of aromatic amines is 1. The number of fused-ring (bicyclic) bond motifs is 1. The second-order valence-electron chi connectivity index (χ2n) is 5.08. The van der Waals surface area contributed by atoms with E-state index in [9.17, 15) is 4.79 Å². The highest BCUT2D eigenvalue weighted by Gasteiger charge is 2.12. The van der Waals surface area contributed by atoms with Crippen molar-refractivity contribution in [2.75, 3.05) is 14.2 Å². The lowest BCUT2D eigenvalue weighted by atomic mass is 10.2. The highest BCUT2D eigenvalue weighted by atomic mass is 35.5. The van der Waals surface area contributed by atoms with Crippen LogP contribution in [-0.4, -0.2) is 24.2 Å². The Balaban J connectivity index is 2.13. The van der Waals surface area contributed by atoms with Gasteiger partial charge in [-0.1, -0.05) is 11.6 Å². The van der Waals surface area contributed by atoms with Gasteiger partial charge in [0.2, 0.25) is 0 Å². The molecule has 1 aromatic carbocycles. The molecule has 3 aromatic rings. The van der Waals surface area contributed by atoms with Gasteiger partial charge in [-0.15, -0.1) is 11.3 Å². The number of benzene rings is 1. The van der Waals surface area contributed by atoms with Crippen molar-refractivity contribution in [1.82, 2.24) is 9.97 Å². The summed E-state index contributed by atoms with van der Waals surface area (Å²) in [7, 11) is 3.05. The van der Waals surface area contributed by atoms with Crippen LogP contribution in [0, 0.1) is 6.92 Å². The van der Waals surface area contributed by atoms with Gasteiger partial charge in [0.1, 0.15) is 0 Å². The van der Waals surface area contributed by atoms with E-state index in [0.717, 1.165) is 4.88 Å². The molecule has 124 valence electrons. The Bertz CT molecular complexity index is 991. The number of methoxy groups -OCH3 is 2. The van der Waals surface area contributed by atoms with E-state index in [2.05, 4.69) is 9.97 Å². The molecule has 5 nitrogen and oxygen atoms in total. The zero-order valence-corrected chi connectivity index (χ0v) is 14.9. The second-order valence-corrected chi connectivity index (χ2v) is 6.81. The number of aryl methyl sites for hydroxylation is 1. The summed E-state index contributed by atoms with van der Waals surface area (Å²) in [5.41, 5.74) is 0.199.